The molecule has 6 nitrogen and oxygen atoms in total. The Kier molecular flexibility index (Phi) is 6.31. The van der Waals surface area contributed by atoms with Crippen molar-refractivity contribution in [1.82, 2.24) is 20.2 Å². The Morgan fingerprint density at radius 2 is 2.16 bits per heavy atom. The van der Waals surface area contributed by atoms with Crippen molar-refractivity contribution in [1.29, 1.82) is 0 Å². The van der Waals surface area contributed by atoms with Crippen LogP contribution in [0.25, 0.3) is 0 Å². The minimum atomic E-state index is -3.51. The molecule has 1 heterocycles. The summed E-state index contributed by atoms with van der Waals surface area (Å²) in [5.74, 6) is 1.22. The first-order valence-corrected chi connectivity index (χ1v) is 8.97. The molecule has 1 aromatic rings. The minimum absolute atomic E-state index is 0.262. The van der Waals surface area contributed by atoms with Crippen LogP contribution in [0, 0.1) is 12.8 Å². The first-order chi connectivity index (χ1) is 8.92. The summed E-state index contributed by atoms with van der Waals surface area (Å²) in [5.41, 5.74) is 1.08. The molecule has 110 valence electrons. The highest BCUT2D eigenvalue weighted by molar-refractivity contribution is 7.98. The zero-order valence-electron chi connectivity index (χ0n) is 11.8. The molecule has 0 spiro atoms. The predicted octanol–water partition coefficient (Wildman–Crippen LogP) is 0.715. The monoisotopic (exact) mass is 306 g/mol. The highest BCUT2D eigenvalue weighted by Crippen LogP contribution is 2.17. The van der Waals surface area contributed by atoms with Gasteiger partial charge < -0.3 is 5.32 Å². The van der Waals surface area contributed by atoms with Crippen molar-refractivity contribution in [3.8, 4) is 0 Å². The fourth-order valence-electron chi connectivity index (χ4n) is 1.78. The first-order valence-electron chi connectivity index (χ1n) is 6.09. The van der Waals surface area contributed by atoms with Crippen LogP contribution >= 0.6 is 11.8 Å². The molecule has 1 rings (SSSR count). The maximum atomic E-state index is 12.3. The molecule has 0 saturated heterocycles. The van der Waals surface area contributed by atoms with Gasteiger partial charge in [0.05, 0.1) is 11.4 Å². The van der Waals surface area contributed by atoms with E-state index in [4.69, 9.17) is 0 Å². The van der Waals surface area contributed by atoms with E-state index in [-0.39, 0.29) is 4.90 Å². The topological polar surface area (TPSA) is 86.9 Å². The van der Waals surface area contributed by atoms with Gasteiger partial charge in [-0.3, -0.25) is 5.10 Å². The number of thioether (sulfide) groups is 1. The van der Waals surface area contributed by atoms with Crippen molar-refractivity contribution >= 4 is 21.8 Å². The normalized spacial score (nSPS) is 13.7. The number of aromatic nitrogens is 2. The van der Waals surface area contributed by atoms with Gasteiger partial charge in [-0.2, -0.15) is 16.9 Å². The molecular weight excluding hydrogens is 284 g/mol. The lowest BCUT2D eigenvalue weighted by Gasteiger charge is -2.12. The van der Waals surface area contributed by atoms with Crippen molar-refractivity contribution in [3.05, 3.63) is 11.4 Å². The molecule has 0 amide bonds. The number of aromatic amines is 1. The highest BCUT2D eigenvalue weighted by Gasteiger charge is 2.24. The van der Waals surface area contributed by atoms with Gasteiger partial charge >= 0.3 is 0 Å². The van der Waals surface area contributed by atoms with Crippen LogP contribution in [0.5, 0.6) is 0 Å². The number of sulfonamides is 1. The lowest BCUT2D eigenvalue weighted by atomic mass is 10.2. The van der Waals surface area contributed by atoms with Crippen LogP contribution in [-0.2, 0) is 16.6 Å². The van der Waals surface area contributed by atoms with Gasteiger partial charge in [0.15, 0.2) is 0 Å². The molecule has 1 atom stereocenters. The summed E-state index contributed by atoms with van der Waals surface area (Å²) in [6, 6.07) is 0. The number of aryl methyl sites for hydroxylation is 1. The van der Waals surface area contributed by atoms with Gasteiger partial charge in [-0.25, -0.2) is 13.1 Å². The molecule has 0 aliphatic heterocycles. The van der Waals surface area contributed by atoms with Gasteiger partial charge in [0.2, 0.25) is 10.0 Å². The van der Waals surface area contributed by atoms with Crippen molar-refractivity contribution in [2.75, 3.05) is 25.6 Å². The molecule has 3 N–H and O–H groups in total. The lowest BCUT2D eigenvalue weighted by Crippen LogP contribution is -2.30. The molecule has 8 heteroatoms. The van der Waals surface area contributed by atoms with Crippen molar-refractivity contribution in [2.45, 2.75) is 25.3 Å². The van der Waals surface area contributed by atoms with E-state index in [9.17, 15) is 8.42 Å². The zero-order valence-corrected chi connectivity index (χ0v) is 13.4. The predicted molar refractivity (Wildman–Crippen MR) is 78.8 cm³/mol. The van der Waals surface area contributed by atoms with E-state index >= 15 is 0 Å². The van der Waals surface area contributed by atoms with E-state index in [1.807, 2.05) is 13.2 Å². The van der Waals surface area contributed by atoms with E-state index in [1.165, 1.54) is 0 Å². The molecule has 19 heavy (non-hydrogen) atoms. The third-order valence-electron chi connectivity index (χ3n) is 2.65. The fourth-order valence-corrected chi connectivity index (χ4v) is 3.99. The van der Waals surface area contributed by atoms with Crippen LogP contribution in [0.15, 0.2) is 4.90 Å². The average molecular weight is 306 g/mol. The fraction of sp³-hybridized carbons (Fsp3) is 0.727. The summed E-state index contributed by atoms with van der Waals surface area (Å²) in [5, 5.41) is 9.67. The van der Waals surface area contributed by atoms with Gasteiger partial charge in [0, 0.05) is 13.1 Å². The van der Waals surface area contributed by atoms with Crippen molar-refractivity contribution < 1.29 is 8.42 Å². The van der Waals surface area contributed by atoms with Crippen LogP contribution < -0.4 is 10.0 Å². The Bertz CT molecular complexity index is 499. The highest BCUT2D eigenvalue weighted by atomic mass is 32.2. The first kappa shape index (κ1) is 16.5. The maximum Gasteiger partial charge on any atom is 0.244 e. The van der Waals surface area contributed by atoms with E-state index in [1.54, 1.807) is 25.7 Å². The summed E-state index contributed by atoms with van der Waals surface area (Å²) >= 11 is 1.71. The smallest absolute Gasteiger partial charge is 0.244 e. The minimum Gasteiger partial charge on any atom is -0.314 e. The SMILES string of the molecule is CNCc1n[nH]c(C)c1S(=O)(=O)NCC(C)CSC. The lowest BCUT2D eigenvalue weighted by molar-refractivity contribution is 0.560. The standard InChI is InChI=1S/C11H22N4O2S2/c1-8(7-18-4)5-13-19(16,17)11-9(2)14-15-10(11)6-12-3/h8,12-13H,5-7H2,1-4H3,(H,14,15). The van der Waals surface area contributed by atoms with Crippen LogP contribution in [-0.4, -0.2) is 44.2 Å². The number of hydrogen-bond acceptors (Lipinski definition) is 5. The number of hydrogen-bond donors (Lipinski definition) is 3. The molecule has 1 aromatic heterocycles. The Morgan fingerprint density at radius 3 is 2.74 bits per heavy atom. The van der Waals surface area contributed by atoms with Crippen molar-refractivity contribution in [3.63, 3.8) is 0 Å². The van der Waals surface area contributed by atoms with E-state index in [0.717, 1.165) is 5.75 Å². The molecule has 1 unspecified atom stereocenters. The summed E-state index contributed by atoms with van der Waals surface area (Å²) in [6.07, 6.45) is 2.01. The summed E-state index contributed by atoms with van der Waals surface area (Å²) in [6.45, 7) is 4.59. The molecule has 0 aliphatic carbocycles. The number of nitrogens with zero attached hydrogens (tertiary/aromatic N) is 1. The Hall–Kier alpha value is -0.570. The average Bonchev–Trinajstić information content (AvgIpc) is 2.70. The zero-order chi connectivity index (χ0) is 14.5. The van der Waals surface area contributed by atoms with E-state index in [2.05, 4.69) is 20.2 Å². The second-order valence-electron chi connectivity index (χ2n) is 4.57. The molecule has 0 aromatic carbocycles. The third kappa shape index (κ3) is 4.48. The third-order valence-corrected chi connectivity index (χ3v) is 5.18. The number of rotatable bonds is 8. The molecule has 0 aliphatic rings. The largest absolute Gasteiger partial charge is 0.314 e. The van der Waals surface area contributed by atoms with Gasteiger partial charge in [-0.15, -0.1) is 0 Å². The Labute approximate surface area is 119 Å². The maximum absolute atomic E-state index is 12.3. The molecule has 0 radical (unpaired) electrons. The van der Waals surface area contributed by atoms with Crippen LogP contribution in [0.1, 0.15) is 18.3 Å². The summed E-state index contributed by atoms with van der Waals surface area (Å²) in [4.78, 5) is 0.262. The number of H-pyrrole nitrogens is 1. The van der Waals surface area contributed by atoms with Gasteiger partial charge in [0.1, 0.15) is 4.90 Å². The van der Waals surface area contributed by atoms with E-state index in [0.29, 0.717) is 30.4 Å². The van der Waals surface area contributed by atoms with Crippen LogP contribution in [0.3, 0.4) is 0 Å². The second kappa shape index (κ2) is 7.28. The molecule has 0 fully saturated rings. The van der Waals surface area contributed by atoms with Crippen LogP contribution in [0.4, 0.5) is 0 Å². The van der Waals surface area contributed by atoms with Gasteiger partial charge in [-0.1, -0.05) is 6.92 Å². The summed E-state index contributed by atoms with van der Waals surface area (Å²) in [7, 11) is -1.75. The van der Waals surface area contributed by atoms with Gasteiger partial charge in [0.25, 0.3) is 0 Å². The summed E-state index contributed by atoms with van der Waals surface area (Å²) < 4.78 is 27.3. The van der Waals surface area contributed by atoms with Crippen LogP contribution in [0.2, 0.25) is 0 Å². The second-order valence-corrected chi connectivity index (χ2v) is 7.18. The molecular formula is C11H22N4O2S2. The Morgan fingerprint density at radius 1 is 1.47 bits per heavy atom. The Balaban J connectivity index is 2.85. The molecule has 0 bridgehead atoms. The number of nitrogens with one attached hydrogen (secondary N) is 3. The molecule has 0 saturated carbocycles. The van der Waals surface area contributed by atoms with Gasteiger partial charge in [-0.05, 0) is 31.9 Å². The van der Waals surface area contributed by atoms with E-state index < -0.39 is 10.0 Å². The quantitative estimate of drug-likeness (QED) is 0.658. The van der Waals surface area contributed by atoms with Crippen molar-refractivity contribution in [2.24, 2.45) is 5.92 Å².